The molecule has 2 aliphatic rings. The van der Waals surface area contributed by atoms with Crippen molar-refractivity contribution in [2.45, 2.75) is 43.9 Å². The van der Waals surface area contributed by atoms with Crippen molar-refractivity contribution < 1.29 is 14.9 Å². The van der Waals surface area contributed by atoms with E-state index in [4.69, 9.17) is 4.74 Å². The molecule has 3 aromatic rings. The number of nitrogens with zero attached hydrogens (tertiary/aromatic N) is 2. The monoisotopic (exact) mass is 363 g/mol. The smallest absolute Gasteiger partial charge is 0.233 e. The summed E-state index contributed by atoms with van der Waals surface area (Å²) in [6.45, 7) is 0. The molecule has 2 atom stereocenters. The Labute approximate surface area is 156 Å². The minimum absolute atomic E-state index is 0.103. The molecule has 0 spiro atoms. The molecule has 138 valence electrons. The molecule has 0 radical (unpaired) electrons. The fraction of sp³-hybridized carbons (Fsp3) is 0.333. The Bertz CT molecular complexity index is 978. The number of piperidine rings is 1. The van der Waals surface area contributed by atoms with Crippen LogP contribution in [-0.2, 0) is 0 Å². The topological polar surface area (TPSA) is 87.5 Å². The zero-order valence-corrected chi connectivity index (χ0v) is 14.8. The largest absolute Gasteiger partial charge is 0.508 e. The Morgan fingerprint density at radius 2 is 1.70 bits per heavy atom. The van der Waals surface area contributed by atoms with E-state index in [1.54, 1.807) is 18.2 Å². The lowest BCUT2D eigenvalue weighted by Gasteiger charge is -2.28. The number of hydrogen-bond acceptors (Lipinski definition) is 6. The van der Waals surface area contributed by atoms with E-state index in [0.717, 1.165) is 23.6 Å². The Kier molecular flexibility index (Phi) is 3.86. The number of fused-ring (bicyclic) bond motifs is 3. The highest BCUT2D eigenvalue weighted by atomic mass is 16.5. The van der Waals surface area contributed by atoms with Crippen LogP contribution in [-0.4, -0.2) is 38.6 Å². The lowest BCUT2D eigenvalue weighted by atomic mass is 10.0. The molecule has 6 nitrogen and oxygen atoms in total. The third kappa shape index (κ3) is 3.17. The predicted octanol–water partition coefficient (Wildman–Crippen LogP) is 3.37. The van der Waals surface area contributed by atoms with Crippen molar-refractivity contribution in [2.24, 2.45) is 0 Å². The normalized spacial score (nSPS) is 24.2. The fourth-order valence-electron chi connectivity index (χ4n) is 4.28. The predicted molar refractivity (Wildman–Crippen MR) is 102 cm³/mol. The molecule has 2 aromatic carbocycles. The minimum atomic E-state index is 0.103. The average Bonchev–Trinajstić information content (AvgIpc) is 3.00. The lowest BCUT2D eigenvalue weighted by molar-refractivity contribution is 0.130. The zero-order valence-electron chi connectivity index (χ0n) is 14.8. The summed E-state index contributed by atoms with van der Waals surface area (Å²) in [6, 6.07) is 13.3. The van der Waals surface area contributed by atoms with Crippen molar-refractivity contribution in [2.75, 3.05) is 0 Å². The molecule has 6 heteroatoms. The molecule has 1 aromatic heterocycles. The summed E-state index contributed by atoms with van der Waals surface area (Å²) in [5, 5.41) is 33.7. The Morgan fingerprint density at radius 1 is 0.889 bits per heavy atom. The first-order valence-electron chi connectivity index (χ1n) is 9.36. The molecule has 3 N–H and O–H groups in total. The number of rotatable bonds is 3. The van der Waals surface area contributed by atoms with E-state index in [1.165, 1.54) is 12.8 Å². The minimum Gasteiger partial charge on any atom is -0.508 e. The van der Waals surface area contributed by atoms with Crippen LogP contribution in [0.5, 0.6) is 17.4 Å². The first-order chi connectivity index (χ1) is 13.1. The van der Waals surface area contributed by atoms with Gasteiger partial charge in [0.2, 0.25) is 5.88 Å². The van der Waals surface area contributed by atoms with Gasteiger partial charge in [-0.05, 0) is 66.8 Å². The number of aromatic nitrogens is 2. The van der Waals surface area contributed by atoms with Gasteiger partial charge in [-0.25, -0.2) is 0 Å². The Hall–Kier alpha value is -2.86. The molecule has 0 aliphatic carbocycles. The highest BCUT2D eigenvalue weighted by Crippen LogP contribution is 2.34. The summed E-state index contributed by atoms with van der Waals surface area (Å²) in [4.78, 5) is 0. The maximum atomic E-state index is 10.4. The number of phenols is 2. The first-order valence-corrected chi connectivity index (χ1v) is 9.36. The number of phenolic OH excluding ortho intramolecular Hbond substituents is 2. The molecule has 2 fully saturated rings. The summed E-state index contributed by atoms with van der Waals surface area (Å²) in [7, 11) is 0. The molecule has 2 saturated heterocycles. The lowest BCUT2D eigenvalue weighted by Crippen LogP contribution is -2.42. The van der Waals surface area contributed by atoms with Gasteiger partial charge in [0.25, 0.3) is 0 Å². The van der Waals surface area contributed by atoms with E-state index >= 15 is 0 Å². The molecule has 2 bridgehead atoms. The molecule has 0 amide bonds. The molecule has 5 rings (SSSR count). The van der Waals surface area contributed by atoms with Gasteiger partial charge in [0.1, 0.15) is 17.6 Å². The zero-order chi connectivity index (χ0) is 18.4. The number of ether oxygens (including phenoxy) is 1. The van der Waals surface area contributed by atoms with E-state index in [1.807, 2.05) is 24.3 Å². The van der Waals surface area contributed by atoms with Crippen molar-refractivity contribution in [1.29, 1.82) is 0 Å². The van der Waals surface area contributed by atoms with Crippen molar-refractivity contribution in [3.63, 3.8) is 0 Å². The first kappa shape index (κ1) is 16.3. The van der Waals surface area contributed by atoms with Crippen LogP contribution in [0.4, 0.5) is 0 Å². The van der Waals surface area contributed by atoms with Crippen LogP contribution in [0.2, 0.25) is 0 Å². The number of nitrogens with one attached hydrogen (secondary N) is 1. The highest BCUT2D eigenvalue weighted by molar-refractivity contribution is 5.90. The molecule has 0 saturated carbocycles. The second kappa shape index (κ2) is 6.39. The number of benzene rings is 2. The van der Waals surface area contributed by atoms with E-state index in [-0.39, 0.29) is 17.6 Å². The average molecular weight is 363 g/mol. The van der Waals surface area contributed by atoms with Gasteiger partial charge in [-0.1, -0.05) is 6.07 Å². The molecule has 27 heavy (non-hydrogen) atoms. The second-order valence-electron chi connectivity index (χ2n) is 7.51. The molecular weight excluding hydrogens is 342 g/mol. The van der Waals surface area contributed by atoms with E-state index < -0.39 is 0 Å². The van der Waals surface area contributed by atoms with Gasteiger partial charge in [-0.3, -0.25) is 0 Å². The summed E-state index contributed by atoms with van der Waals surface area (Å²) in [5.41, 5.74) is 1.19. The van der Waals surface area contributed by atoms with Crippen LogP contribution in [0.25, 0.3) is 22.0 Å². The third-order valence-electron chi connectivity index (χ3n) is 5.57. The van der Waals surface area contributed by atoms with Gasteiger partial charge >= 0.3 is 0 Å². The van der Waals surface area contributed by atoms with Gasteiger partial charge in [0.15, 0.2) is 0 Å². The van der Waals surface area contributed by atoms with E-state index in [0.29, 0.717) is 29.2 Å². The fourth-order valence-corrected chi connectivity index (χ4v) is 4.28. The summed E-state index contributed by atoms with van der Waals surface area (Å²) >= 11 is 0. The third-order valence-corrected chi connectivity index (χ3v) is 5.57. The van der Waals surface area contributed by atoms with Crippen molar-refractivity contribution in [3.8, 4) is 28.6 Å². The second-order valence-corrected chi connectivity index (χ2v) is 7.51. The Balaban J connectivity index is 1.37. The van der Waals surface area contributed by atoms with Crippen LogP contribution in [0.3, 0.4) is 0 Å². The summed E-state index contributed by atoms with van der Waals surface area (Å²) in [6.07, 6.45) is 4.67. The van der Waals surface area contributed by atoms with Crippen molar-refractivity contribution >= 4 is 10.8 Å². The van der Waals surface area contributed by atoms with Crippen LogP contribution in [0.1, 0.15) is 25.7 Å². The van der Waals surface area contributed by atoms with E-state index in [2.05, 4.69) is 15.5 Å². The van der Waals surface area contributed by atoms with Crippen molar-refractivity contribution in [1.82, 2.24) is 15.5 Å². The number of hydrogen-bond donors (Lipinski definition) is 3. The van der Waals surface area contributed by atoms with Gasteiger partial charge in [-0.15, -0.1) is 10.2 Å². The number of aromatic hydroxyl groups is 2. The maximum absolute atomic E-state index is 10.4. The van der Waals surface area contributed by atoms with E-state index in [9.17, 15) is 10.2 Å². The Morgan fingerprint density at radius 3 is 2.44 bits per heavy atom. The van der Waals surface area contributed by atoms with Gasteiger partial charge in [0, 0.05) is 23.7 Å². The van der Waals surface area contributed by atoms with Crippen LogP contribution < -0.4 is 10.1 Å². The van der Waals surface area contributed by atoms with Gasteiger partial charge in [0.05, 0.1) is 5.69 Å². The van der Waals surface area contributed by atoms with Crippen LogP contribution in [0.15, 0.2) is 42.5 Å². The maximum Gasteiger partial charge on any atom is 0.233 e. The van der Waals surface area contributed by atoms with Crippen molar-refractivity contribution in [3.05, 3.63) is 42.5 Å². The summed E-state index contributed by atoms with van der Waals surface area (Å²) < 4.78 is 6.04. The quantitative estimate of drug-likeness (QED) is 0.661. The van der Waals surface area contributed by atoms with Gasteiger partial charge < -0.3 is 20.3 Å². The molecular formula is C21H21N3O3. The molecule has 2 unspecified atom stereocenters. The standard InChI is InChI=1S/C21H21N3O3/c25-16-4-1-12-8-18(20(26)9-13(12)7-16)19-5-6-21(24-23-19)27-17-10-14-2-3-15(11-17)22-14/h1,4-9,14-15,17,22,25-26H,2-3,10-11H2. The molecule has 2 aliphatic heterocycles. The SMILES string of the molecule is Oc1ccc2cc(-c3ccc(OC4CC5CCC(C4)N5)nn3)c(O)cc2c1. The van der Waals surface area contributed by atoms with Crippen LogP contribution in [0, 0.1) is 0 Å². The van der Waals surface area contributed by atoms with Crippen LogP contribution >= 0.6 is 0 Å². The molecule has 3 heterocycles. The van der Waals surface area contributed by atoms with Gasteiger partial charge in [-0.2, -0.15) is 0 Å². The highest BCUT2D eigenvalue weighted by Gasteiger charge is 2.34. The summed E-state index contributed by atoms with van der Waals surface area (Å²) in [5.74, 6) is 0.795.